The van der Waals surface area contributed by atoms with E-state index in [4.69, 9.17) is 9.47 Å². The Hall–Kier alpha value is -3.23. The van der Waals surface area contributed by atoms with Crippen molar-refractivity contribution < 1.29 is 27.8 Å². The third kappa shape index (κ3) is 3.81. The summed E-state index contributed by atoms with van der Waals surface area (Å²) in [5, 5.41) is 2.56. The third-order valence-corrected chi connectivity index (χ3v) is 4.09. The van der Waals surface area contributed by atoms with Crippen LogP contribution in [0.25, 0.3) is 11.1 Å². The van der Waals surface area contributed by atoms with Gasteiger partial charge in [0.15, 0.2) is 0 Å². The molecule has 2 heterocycles. The number of amides is 2. The van der Waals surface area contributed by atoms with Gasteiger partial charge in [-0.2, -0.15) is 0 Å². The third-order valence-electron chi connectivity index (χ3n) is 4.09. The van der Waals surface area contributed by atoms with Crippen molar-refractivity contribution in [1.82, 2.24) is 10.3 Å². The molecule has 0 aliphatic carbocycles. The number of nitrogens with one attached hydrogen (secondary N) is 1. The summed E-state index contributed by atoms with van der Waals surface area (Å²) in [4.78, 5) is 28.2. The largest absolute Gasteiger partial charge is 0.481 e. The van der Waals surface area contributed by atoms with Gasteiger partial charge in [-0.25, -0.2) is 18.6 Å². The van der Waals surface area contributed by atoms with E-state index in [0.717, 1.165) is 17.0 Å². The maximum absolute atomic E-state index is 14.7. The number of hydrogen-bond acceptors (Lipinski definition) is 5. The topological polar surface area (TPSA) is 80.8 Å². The average Bonchev–Trinajstić information content (AvgIpc) is 3.00. The van der Waals surface area contributed by atoms with Crippen molar-refractivity contribution in [2.75, 3.05) is 25.2 Å². The van der Waals surface area contributed by atoms with Gasteiger partial charge in [-0.1, -0.05) is 0 Å². The van der Waals surface area contributed by atoms with Crippen LogP contribution in [0.5, 0.6) is 5.88 Å². The summed E-state index contributed by atoms with van der Waals surface area (Å²) in [5.41, 5.74) is -0.0240. The Morgan fingerprint density at radius 2 is 2.07 bits per heavy atom. The molecule has 27 heavy (non-hydrogen) atoms. The van der Waals surface area contributed by atoms with Gasteiger partial charge in [0.05, 0.1) is 24.4 Å². The van der Waals surface area contributed by atoms with E-state index in [0.29, 0.717) is 5.88 Å². The molecule has 1 saturated heterocycles. The number of benzene rings is 1. The number of anilines is 1. The summed E-state index contributed by atoms with van der Waals surface area (Å²) < 4.78 is 39.2. The summed E-state index contributed by atoms with van der Waals surface area (Å²) >= 11 is 0. The second kappa shape index (κ2) is 7.56. The van der Waals surface area contributed by atoms with Crippen molar-refractivity contribution in [3.8, 4) is 17.0 Å². The van der Waals surface area contributed by atoms with Gasteiger partial charge in [0.2, 0.25) is 11.8 Å². The van der Waals surface area contributed by atoms with E-state index in [2.05, 4.69) is 10.3 Å². The summed E-state index contributed by atoms with van der Waals surface area (Å²) in [5.74, 6) is -1.67. The fraction of sp³-hybridized carbons (Fsp3) is 0.278. The lowest BCUT2D eigenvalue weighted by Gasteiger charge is -2.22. The molecule has 0 bridgehead atoms. The molecule has 1 unspecified atom stereocenters. The van der Waals surface area contributed by atoms with Gasteiger partial charge in [-0.15, -0.1) is 0 Å². The van der Waals surface area contributed by atoms with Crippen molar-refractivity contribution in [2.24, 2.45) is 0 Å². The lowest BCUT2D eigenvalue weighted by atomic mass is 10.0. The normalized spacial score (nSPS) is 16.2. The molecule has 1 aromatic heterocycles. The van der Waals surface area contributed by atoms with E-state index < -0.39 is 23.8 Å². The molecule has 2 amide bonds. The second-order valence-corrected chi connectivity index (χ2v) is 5.91. The summed E-state index contributed by atoms with van der Waals surface area (Å²) in [6.45, 7) is 1.44. The fourth-order valence-electron chi connectivity index (χ4n) is 2.81. The molecule has 142 valence electrons. The molecule has 1 fully saturated rings. The Morgan fingerprint density at radius 3 is 2.63 bits per heavy atom. The molecule has 1 aliphatic heterocycles. The number of pyridine rings is 1. The van der Waals surface area contributed by atoms with Crippen LogP contribution in [0, 0.1) is 11.6 Å². The van der Waals surface area contributed by atoms with E-state index in [1.54, 1.807) is 0 Å². The number of halogens is 2. The van der Waals surface area contributed by atoms with E-state index >= 15 is 0 Å². The van der Waals surface area contributed by atoms with Crippen LogP contribution in [-0.2, 0) is 9.53 Å². The molecule has 2 aromatic rings. The Labute approximate surface area is 153 Å². The van der Waals surface area contributed by atoms with Gasteiger partial charge < -0.3 is 14.8 Å². The molecule has 0 spiro atoms. The summed E-state index contributed by atoms with van der Waals surface area (Å²) in [6.07, 6.45) is 0.562. The van der Waals surface area contributed by atoms with Gasteiger partial charge in [0.1, 0.15) is 18.2 Å². The number of cyclic esters (lactones) is 1. The number of carbonyl (C=O) groups is 2. The molecule has 1 aliphatic rings. The predicted octanol–water partition coefficient (Wildman–Crippen LogP) is 2.50. The molecular formula is C18H17F2N3O4. The van der Waals surface area contributed by atoms with Crippen molar-refractivity contribution in [3.63, 3.8) is 0 Å². The standard InChI is InChI=1S/C18H17F2N3O4/c1-10(24)21-8-13-9-27-18(25)23(13)12-5-14(19)17(15(20)6-12)11-3-4-16(26-2)22-7-11/h3-7,13H,8-9H2,1-2H3,(H,21,24). The van der Waals surface area contributed by atoms with Crippen molar-refractivity contribution in [2.45, 2.75) is 13.0 Å². The van der Waals surface area contributed by atoms with E-state index in [1.165, 1.54) is 32.4 Å². The monoisotopic (exact) mass is 377 g/mol. The number of hydrogen-bond donors (Lipinski definition) is 1. The van der Waals surface area contributed by atoms with Crippen LogP contribution < -0.4 is 15.0 Å². The zero-order valence-electron chi connectivity index (χ0n) is 14.7. The average molecular weight is 377 g/mol. The minimum absolute atomic E-state index is 0.00645. The zero-order valence-corrected chi connectivity index (χ0v) is 14.7. The minimum atomic E-state index is -0.852. The molecule has 3 rings (SSSR count). The number of rotatable bonds is 5. The highest BCUT2D eigenvalue weighted by molar-refractivity contribution is 5.91. The first kappa shape index (κ1) is 18.6. The maximum Gasteiger partial charge on any atom is 0.414 e. The Bertz CT molecular complexity index is 850. The highest BCUT2D eigenvalue weighted by Gasteiger charge is 2.35. The van der Waals surface area contributed by atoms with E-state index in [1.807, 2.05) is 0 Å². The van der Waals surface area contributed by atoms with Crippen LogP contribution >= 0.6 is 0 Å². The van der Waals surface area contributed by atoms with E-state index in [-0.39, 0.29) is 35.9 Å². The number of carbonyl (C=O) groups excluding carboxylic acids is 2. The SMILES string of the molecule is COc1ccc(-c2c(F)cc(N3C(=O)OCC3CNC(C)=O)cc2F)cn1. The molecule has 9 heteroatoms. The fourth-order valence-corrected chi connectivity index (χ4v) is 2.81. The molecule has 0 radical (unpaired) electrons. The molecule has 1 aromatic carbocycles. The van der Waals surface area contributed by atoms with E-state index in [9.17, 15) is 18.4 Å². The van der Waals surface area contributed by atoms with Crippen LogP contribution in [0.2, 0.25) is 0 Å². The summed E-state index contributed by atoms with van der Waals surface area (Å²) in [6, 6.07) is 4.51. The van der Waals surface area contributed by atoms with Gasteiger partial charge in [-0.05, 0) is 18.2 Å². The van der Waals surface area contributed by atoms with Crippen molar-refractivity contribution in [1.29, 1.82) is 0 Å². The first-order valence-corrected chi connectivity index (χ1v) is 8.10. The Morgan fingerprint density at radius 1 is 1.37 bits per heavy atom. The lowest BCUT2D eigenvalue weighted by Crippen LogP contribution is -2.42. The number of methoxy groups -OCH3 is 1. The quantitative estimate of drug-likeness (QED) is 0.866. The van der Waals surface area contributed by atoms with Crippen LogP contribution in [0.15, 0.2) is 30.5 Å². The van der Waals surface area contributed by atoms with Gasteiger partial charge in [0.25, 0.3) is 0 Å². The van der Waals surface area contributed by atoms with Crippen LogP contribution in [0.3, 0.4) is 0 Å². The van der Waals surface area contributed by atoms with Gasteiger partial charge in [-0.3, -0.25) is 9.69 Å². The molecule has 1 N–H and O–H groups in total. The number of nitrogens with zero attached hydrogens (tertiary/aromatic N) is 2. The highest BCUT2D eigenvalue weighted by atomic mass is 19.1. The van der Waals surface area contributed by atoms with Crippen molar-refractivity contribution >= 4 is 17.7 Å². The second-order valence-electron chi connectivity index (χ2n) is 5.91. The molecular weight excluding hydrogens is 360 g/mol. The molecule has 1 atom stereocenters. The minimum Gasteiger partial charge on any atom is -0.481 e. The highest BCUT2D eigenvalue weighted by Crippen LogP contribution is 2.32. The number of ether oxygens (including phenoxy) is 2. The van der Waals surface area contributed by atoms with Crippen LogP contribution in [0.1, 0.15) is 6.92 Å². The number of aromatic nitrogens is 1. The smallest absolute Gasteiger partial charge is 0.414 e. The zero-order chi connectivity index (χ0) is 19.6. The van der Waals surface area contributed by atoms with Crippen LogP contribution in [-0.4, -0.2) is 43.3 Å². The van der Waals surface area contributed by atoms with Crippen LogP contribution in [0.4, 0.5) is 19.3 Å². The Balaban J connectivity index is 1.93. The van der Waals surface area contributed by atoms with Crippen molar-refractivity contribution in [3.05, 3.63) is 42.1 Å². The maximum atomic E-state index is 14.7. The molecule has 0 saturated carbocycles. The molecule has 7 nitrogen and oxygen atoms in total. The van der Waals surface area contributed by atoms with Gasteiger partial charge in [0, 0.05) is 31.3 Å². The predicted molar refractivity (Wildman–Crippen MR) is 92.4 cm³/mol. The first-order chi connectivity index (χ1) is 12.9. The lowest BCUT2D eigenvalue weighted by molar-refractivity contribution is -0.119. The van der Waals surface area contributed by atoms with Gasteiger partial charge >= 0.3 is 6.09 Å². The summed E-state index contributed by atoms with van der Waals surface area (Å²) in [7, 11) is 1.44. The first-order valence-electron chi connectivity index (χ1n) is 8.10. The Kier molecular flexibility index (Phi) is 5.20.